The standard InChI is InChI=1S/C29H20Cl4O3/c1-16-10-19(12-21-4-8-27(35-21)17-2-6-23(30)25(32)14-17)29(34)20(11-16)13-22-5-9-28(36-22)18-3-7-24(31)26(33)15-18/h2-9,12-16H,10-11H2,1H3/b19-12+,20-13+. The molecule has 182 valence electrons. The molecule has 0 amide bonds. The lowest BCUT2D eigenvalue weighted by molar-refractivity contribution is -0.113. The zero-order chi connectivity index (χ0) is 25.4. The third kappa shape index (κ3) is 5.35. The molecule has 0 spiro atoms. The summed E-state index contributed by atoms with van der Waals surface area (Å²) in [5.74, 6) is 2.80. The van der Waals surface area contributed by atoms with Crippen molar-refractivity contribution in [2.75, 3.05) is 0 Å². The summed E-state index contributed by atoms with van der Waals surface area (Å²) in [6, 6.07) is 18.0. The van der Waals surface area contributed by atoms with Gasteiger partial charge in [0.2, 0.25) is 0 Å². The topological polar surface area (TPSA) is 43.4 Å². The molecule has 1 fully saturated rings. The van der Waals surface area contributed by atoms with E-state index in [0.717, 1.165) is 11.1 Å². The van der Waals surface area contributed by atoms with Gasteiger partial charge in [-0.05, 0) is 91.6 Å². The summed E-state index contributed by atoms with van der Waals surface area (Å²) in [6.45, 7) is 2.13. The molecule has 36 heavy (non-hydrogen) atoms. The zero-order valence-electron chi connectivity index (χ0n) is 19.2. The van der Waals surface area contributed by atoms with Crippen LogP contribution in [-0.4, -0.2) is 5.78 Å². The predicted molar refractivity (Wildman–Crippen MR) is 148 cm³/mol. The van der Waals surface area contributed by atoms with Crippen molar-refractivity contribution in [3.05, 3.63) is 103 Å². The average Bonchev–Trinajstić information content (AvgIpc) is 3.50. The van der Waals surface area contributed by atoms with Gasteiger partial charge in [0.05, 0.1) is 20.1 Å². The zero-order valence-corrected chi connectivity index (χ0v) is 22.2. The number of hydrogen-bond acceptors (Lipinski definition) is 3. The fourth-order valence-electron chi connectivity index (χ4n) is 4.28. The number of allylic oxidation sites excluding steroid dienone is 2. The van der Waals surface area contributed by atoms with E-state index < -0.39 is 0 Å². The van der Waals surface area contributed by atoms with Crippen molar-refractivity contribution in [1.29, 1.82) is 0 Å². The summed E-state index contributed by atoms with van der Waals surface area (Å²) < 4.78 is 12.0. The van der Waals surface area contributed by atoms with Crippen molar-refractivity contribution in [3.8, 4) is 22.6 Å². The molecular weight excluding hydrogens is 538 g/mol. The van der Waals surface area contributed by atoms with Crippen LogP contribution in [0.1, 0.15) is 31.3 Å². The van der Waals surface area contributed by atoms with Gasteiger partial charge < -0.3 is 8.83 Å². The fourth-order valence-corrected chi connectivity index (χ4v) is 4.87. The van der Waals surface area contributed by atoms with Gasteiger partial charge in [-0.15, -0.1) is 0 Å². The number of halogens is 4. The highest BCUT2D eigenvalue weighted by Gasteiger charge is 2.26. The van der Waals surface area contributed by atoms with Crippen LogP contribution in [0, 0.1) is 5.92 Å². The van der Waals surface area contributed by atoms with Crippen LogP contribution in [0.3, 0.4) is 0 Å². The molecule has 4 aromatic rings. The molecule has 0 radical (unpaired) electrons. The van der Waals surface area contributed by atoms with E-state index in [4.69, 9.17) is 55.2 Å². The number of Topliss-reactive ketones (excluding diaryl/α,β-unsaturated/α-hetero) is 1. The molecular formula is C29H20Cl4O3. The molecule has 3 nitrogen and oxygen atoms in total. The number of carbonyl (C=O) groups excluding carboxylic acids is 1. The molecule has 0 aliphatic heterocycles. The monoisotopic (exact) mass is 556 g/mol. The third-order valence-corrected chi connectivity index (χ3v) is 7.49. The van der Waals surface area contributed by atoms with Crippen LogP contribution in [0.15, 0.2) is 80.6 Å². The first-order valence-corrected chi connectivity index (χ1v) is 12.8. The molecule has 1 aliphatic rings. The second kappa shape index (κ2) is 10.4. The van der Waals surface area contributed by atoms with Gasteiger partial charge in [0, 0.05) is 22.3 Å². The first-order chi connectivity index (χ1) is 17.3. The normalized spacial score (nSPS) is 18.4. The minimum Gasteiger partial charge on any atom is -0.457 e. The molecule has 0 bridgehead atoms. The van der Waals surface area contributed by atoms with Gasteiger partial charge in [-0.3, -0.25) is 4.79 Å². The maximum Gasteiger partial charge on any atom is 0.185 e. The first kappa shape index (κ1) is 25.0. The Morgan fingerprint density at radius 3 is 1.53 bits per heavy atom. The Kier molecular flexibility index (Phi) is 7.18. The van der Waals surface area contributed by atoms with Gasteiger partial charge >= 0.3 is 0 Å². The molecule has 0 atom stereocenters. The number of benzene rings is 2. The highest BCUT2D eigenvalue weighted by atomic mass is 35.5. The van der Waals surface area contributed by atoms with Gasteiger partial charge in [0.15, 0.2) is 5.78 Å². The fraction of sp³-hybridized carbons (Fsp3) is 0.138. The predicted octanol–water partition coefficient (Wildman–Crippen LogP) is 10.3. The number of ketones is 1. The molecule has 0 N–H and O–H groups in total. The summed E-state index contributed by atoms with van der Waals surface area (Å²) in [7, 11) is 0. The summed E-state index contributed by atoms with van der Waals surface area (Å²) in [5, 5.41) is 1.88. The van der Waals surface area contributed by atoms with Crippen molar-refractivity contribution in [1.82, 2.24) is 0 Å². The van der Waals surface area contributed by atoms with Crippen LogP contribution in [0.5, 0.6) is 0 Å². The minimum absolute atomic E-state index is 0.00641. The summed E-state index contributed by atoms with van der Waals surface area (Å²) in [6.07, 6.45) is 4.98. The third-order valence-electron chi connectivity index (χ3n) is 6.01. The van der Waals surface area contributed by atoms with Crippen LogP contribution >= 0.6 is 46.4 Å². The van der Waals surface area contributed by atoms with Crippen molar-refractivity contribution in [2.45, 2.75) is 19.8 Å². The van der Waals surface area contributed by atoms with Gasteiger partial charge in [-0.25, -0.2) is 0 Å². The van der Waals surface area contributed by atoms with Gasteiger partial charge in [-0.2, -0.15) is 0 Å². The highest BCUT2D eigenvalue weighted by Crippen LogP contribution is 2.35. The van der Waals surface area contributed by atoms with E-state index in [2.05, 4.69) is 6.92 Å². The van der Waals surface area contributed by atoms with Gasteiger partial charge in [0.1, 0.15) is 23.0 Å². The molecule has 0 saturated heterocycles. The number of furan rings is 2. The Morgan fingerprint density at radius 2 is 1.11 bits per heavy atom. The molecule has 2 heterocycles. The number of rotatable bonds is 4. The lowest BCUT2D eigenvalue weighted by Crippen LogP contribution is -2.18. The summed E-state index contributed by atoms with van der Waals surface area (Å²) >= 11 is 24.3. The Balaban J connectivity index is 1.39. The average molecular weight is 558 g/mol. The lowest BCUT2D eigenvalue weighted by Gasteiger charge is -2.22. The van der Waals surface area contributed by atoms with E-state index in [9.17, 15) is 4.79 Å². The Morgan fingerprint density at radius 1 is 0.667 bits per heavy atom. The second-order valence-corrected chi connectivity index (χ2v) is 10.5. The number of hydrogen-bond donors (Lipinski definition) is 0. The first-order valence-electron chi connectivity index (χ1n) is 11.3. The molecule has 5 rings (SSSR count). The quantitative estimate of drug-likeness (QED) is 0.234. The summed E-state index contributed by atoms with van der Waals surface area (Å²) in [4.78, 5) is 13.3. The van der Waals surface area contributed by atoms with Crippen molar-refractivity contribution < 1.29 is 13.6 Å². The molecule has 0 unspecified atom stereocenters. The molecule has 1 saturated carbocycles. The molecule has 2 aromatic carbocycles. The SMILES string of the molecule is CC1C/C(=C\c2ccc(-c3ccc(Cl)c(Cl)c3)o2)C(=O)/C(=C/c2ccc(-c3ccc(Cl)c(Cl)c3)o2)C1. The van der Waals surface area contributed by atoms with Crippen molar-refractivity contribution >= 4 is 64.3 Å². The van der Waals surface area contributed by atoms with Crippen LogP contribution in [-0.2, 0) is 4.79 Å². The van der Waals surface area contributed by atoms with Crippen LogP contribution in [0.25, 0.3) is 34.8 Å². The molecule has 1 aliphatic carbocycles. The van der Waals surface area contributed by atoms with Crippen molar-refractivity contribution in [3.63, 3.8) is 0 Å². The Labute approximate surface area is 228 Å². The van der Waals surface area contributed by atoms with E-state index in [-0.39, 0.29) is 5.78 Å². The number of carbonyl (C=O) groups is 1. The Hall–Kier alpha value is -2.69. The molecule has 7 heteroatoms. The van der Waals surface area contributed by atoms with E-state index in [1.807, 2.05) is 48.6 Å². The lowest BCUT2D eigenvalue weighted by atomic mass is 9.81. The van der Waals surface area contributed by atoms with E-state index >= 15 is 0 Å². The molecule has 2 aromatic heterocycles. The van der Waals surface area contributed by atoms with Crippen LogP contribution < -0.4 is 0 Å². The Bertz CT molecular complexity index is 1410. The largest absolute Gasteiger partial charge is 0.457 e. The minimum atomic E-state index is -0.00641. The van der Waals surface area contributed by atoms with E-state index in [1.165, 1.54) is 0 Å². The van der Waals surface area contributed by atoms with Crippen LogP contribution in [0.2, 0.25) is 20.1 Å². The summed E-state index contributed by atoms with van der Waals surface area (Å²) in [5.41, 5.74) is 3.03. The highest BCUT2D eigenvalue weighted by molar-refractivity contribution is 6.42. The van der Waals surface area contributed by atoms with Gasteiger partial charge in [-0.1, -0.05) is 53.3 Å². The maximum atomic E-state index is 13.3. The van der Waals surface area contributed by atoms with Crippen molar-refractivity contribution in [2.24, 2.45) is 5.92 Å². The smallest absolute Gasteiger partial charge is 0.185 e. The second-order valence-electron chi connectivity index (χ2n) is 8.84. The van der Waals surface area contributed by atoms with Crippen LogP contribution in [0.4, 0.5) is 0 Å². The van der Waals surface area contributed by atoms with Gasteiger partial charge in [0.25, 0.3) is 0 Å². The van der Waals surface area contributed by atoms with E-state index in [0.29, 0.717) is 73.0 Å². The van der Waals surface area contributed by atoms with E-state index in [1.54, 1.807) is 24.3 Å². The maximum absolute atomic E-state index is 13.3.